The molecule has 0 radical (unpaired) electrons. The predicted octanol–water partition coefficient (Wildman–Crippen LogP) is 1.34. The van der Waals surface area contributed by atoms with Crippen LogP contribution in [0.25, 0.3) is 10.9 Å². The van der Waals surface area contributed by atoms with Gasteiger partial charge in [-0.15, -0.1) is 0 Å². The van der Waals surface area contributed by atoms with Crippen molar-refractivity contribution in [1.29, 1.82) is 0 Å². The molecule has 1 aliphatic heterocycles. The van der Waals surface area contributed by atoms with Crippen molar-refractivity contribution < 1.29 is 9.53 Å². The first-order chi connectivity index (χ1) is 10.9. The second-order valence-corrected chi connectivity index (χ2v) is 6.57. The van der Waals surface area contributed by atoms with Gasteiger partial charge in [-0.05, 0) is 32.4 Å². The molecule has 0 spiro atoms. The number of morpholine rings is 1. The molecule has 0 atom stereocenters. The lowest BCUT2D eigenvalue weighted by Crippen LogP contribution is -2.51. The zero-order valence-corrected chi connectivity index (χ0v) is 13.7. The van der Waals surface area contributed by atoms with Crippen molar-refractivity contribution in [2.45, 2.75) is 32.9 Å². The molecule has 0 N–H and O–H groups in total. The van der Waals surface area contributed by atoms with Crippen molar-refractivity contribution >= 4 is 16.8 Å². The summed E-state index contributed by atoms with van der Waals surface area (Å²) in [6.07, 6.45) is 1.46. The van der Waals surface area contributed by atoms with Crippen LogP contribution >= 0.6 is 0 Å². The van der Waals surface area contributed by atoms with Crippen molar-refractivity contribution in [2.75, 3.05) is 19.7 Å². The van der Waals surface area contributed by atoms with Crippen LogP contribution in [0.3, 0.4) is 0 Å². The Labute approximate surface area is 134 Å². The number of fused-ring (bicyclic) bond motifs is 1. The van der Waals surface area contributed by atoms with Gasteiger partial charge in [0.1, 0.15) is 6.54 Å². The van der Waals surface area contributed by atoms with Gasteiger partial charge in [0.05, 0.1) is 29.4 Å². The van der Waals surface area contributed by atoms with Crippen LogP contribution in [0.2, 0.25) is 0 Å². The van der Waals surface area contributed by atoms with Gasteiger partial charge in [-0.1, -0.05) is 12.1 Å². The summed E-state index contributed by atoms with van der Waals surface area (Å²) in [5, 5.41) is 0.544. The highest BCUT2D eigenvalue weighted by molar-refractivity contribution is 5.81. The largest absolute Gasteiger partial charge is 0.372 e. The Morgan fingerprint density at radius 2 is 2.17 bits per heavy atom. The number of amides is 1. The monoisotopic (exact) mass is 315 g/mol. The van der Waals surface area contributed by atoms with E-state index in [1.54, 1.807) is 11.0 Å². The molecule has 1 aliphatic rings. The maximum Gasteiger partial charge on any atom is 0.261 e. The third kappa shape index (κ3) is 3.12. The SMILES string of the molecule is Cc1cccc2c(=O)n(CC(=O)N3CCOC(C)(C)C3)cnc12. The Balaban J connectivity index is 1.86. The summed E-state index contributed by atoms with van der Waals surface area (Å²) in [5.41, 5.74) is 1.11. The molecule has 0 aliphatic carbocycles. The van der Waals surface area contributed by atoms with E-state index >= 15 is 0 Å². The number of para-hydroxylation sites is 1. The van der Waals surface area contributed by atoms with Crippen LogP contribution in [0.4, 0.5) is 0 Å². The van der Waals surface area contributed by atoms with E-state index in [2.05, 4.69) is 4.98 Å². The van der Waals surface area contributed by atoms with Gasteiger partial charge in [0, 0.05) is 13.1 Å². The number of hydrogen-bond donors (Lipinski definition) is 0. The summed E-state index contributed by atoms with van der Waals surface area (Å²) in [4.78, 5) is 31.1. The minimum atomic E-state index is -0.350. The smallest absolute Gasteiger partial charge is 0.261 e. The van der Waals surface area contributed by atoms with E-state index < -0.39 is 0 Å². The topological polar surface area (TPSA) is 64.4 Å². The van der Waals surface area contributed by atoms with Gasteiger partial charge < -0.3 is 9.64 Å². The standard InChI is InChI=1S/C17H21N3O3/c1-12-5-4-6-13-15(12)18-11-20(16(13)22)9-14(21)19-7-8-23-17(2,3)10-19/h4-6,11H,7-10H2,1-3H3. The molecule has 23 heavy (non-hydrogen) atoms. The summed E-state index contributed by atoms with van der Waals surface area (Å²) >= 11 is 0. The van der Waals surface area contributed by atoms with Crippen molar-refractivity contribution in [3.63, 3.8) is 0 Å². The molecular weight excluding hydrogens is 294 g/mol. The van der Waals surface area contributed by atoms with E-state index in [1.807, 2.05) is 32.9 Å². The number of benzene rings is 1. The average Bonchev–Trinajstić information content (AvgIpc) is 2.49. The lowest BCUT2D eigenvalue weighted by Gasteiger charge is -2.38. The number of carbonyl (C=O) groups excluding carboxylic acids is 1. The number of ether oxygens (including phenoxy) is 1. The second kappa shape index (κ2) is 5.77. The minimum Gasteiger partial charge on any atom is -0.372 e. The summed E-state index contributed by atoms with van der Waals surface area (Å²) in [6.45, 7) is 7.43. The molecule has 2 heterocycles. The maximum atomic E-state index is 12.6. The van der Waals surface area contributed by atoms with E-state index in [4.69, 9.17) is 4.74 Å². The summed E-state index contributed by atoms with van der Waals surface area (Å²) < 4.78 is 7.00. The zero-order valence-electron chi connectivity index (χ0n) is 13.7. The number of aryl methyl sites for hydroxylation is 1. The molecule has 122 valence electrons. The lowest BCUT2D eigenvalue weighted by molar-refractivity contribution is -0.146. The summed E-state index contributed by atoms with van der Waals surface area (Å²) in [6, 6.07) is 5.49. The molecule has 1 aromatic heterocycles. The quantitative estimate of drug-likeness (QED) is 0.839. The Morgan fingerprint density at radius 3 is 2.91 bits per heavy atom. The van der Waals surface area contributed by atoms with Crippen LogP contribution in [0.15, 0.2) is 29.3 Å². The molecular formula is C17H21N3O3. The molecule has 1 amide bonds. The van der Waals surface area contributed by atoms with E-state index in [0.29, 0.717) is 30.6 Å². The number of nitrogens with zero attached hydrogens (tertiary/aromatic N) is 3. The van der Waals surface area contributed by atoms with Crippen molar-refractivity contribution in [3.05, 3.63) is 40.4 Å². The number of rotatable bonds is 2. The van der Waals surface area contributed by atoms with Crippen LogP contribution in [-0.2, 0) is 16.1 Å². The van der Waals surface area contributed by atoms with Crippen molar-refractivity contribution in [1.82, 2.24) is 14.5 Å². The zero-order chi connectivity index (χ0) is 16.6. The molecule has 6 heteroatoms. The highest BCUT2D eigenvalue weighted by Crippen LogP contribution is 2.17. The van der Waals surface area contributed by atoms with Gasteiger partial charge in [-0.2, -0.15) is 0 Å². The minimum absolute atomic E-state index is 0.00575. The molecule has 0 saturated carbocycles. The first kappa shape index (κ1) is 15.7. The Morgan fingerprint density at radius 1 is 1.39 bits per heavy atom. The fourth-order valence-corrected chi connectivity index (χ4v) is 2.93. The van der Waals surface area contributed by atoms with Gasteiger partial charge in [-0.3, -0.25) is 14.2 Å². The van der Waals surface area contributed by atoms with Gasteiger partial charge >= 0.3 is 0 Å². The highest BCUT2D eigenvalue weighted by atomic mass is 16.5. The van der Waals surface area contributed by atoms with Gasteiger partial charge in [0.25, 0.3) is 5.56 Å². The summed E-state index contributed by atoms with van der Waals surface area (Å²) in [5.74, 6) is -0.0859. The number of carbonyl (C=O) groups is 1. The van der Waals surface area contributed by atoms with E-state index in [9.17, 15) is 9.59 Å². The van der Waals surface area contributed by atoms with Crippen LogP contribution in [0.1, 0.15) is 19.4 Å². The Kier molecular flexibility index (Phi) is 3.93. The fraction of sp³-hybridized carbons (Fsp3) is 0.471. The van der Waals surface area contributed by atoms with E-state index in [0.717, 1.165) is 5.56 Å². The molecule has 3 rings (SSSR count). The molecule has 1 saturated heterocycles. The molecule has 0 unspecified atom stereocenters. The third-order valence-electron chi connectivity index (χ3n) is 4.14. The van der Waals surface area contributed by atoms with Crippen molar-refractivity contribution in [3.8, 4) is 0 Å². The summed E-state index contributed by atoms with van der Waals surface area (Å²) in [7, 11) is 0. The van der Waals surface area contributed by atoms with Crippen LogP contribution < -0.4 is 5.56 Å². The average molecular weight is 315 g/mol. The Hall–Kier alpha value is -2.21. The van der Waals surface area contributed by atoms with Crippen LogP contribution in [0.5, 0.6) is 0 Å². The van der Waals surface area contributed by atoms with Crippen molar-refractivity contribution in [2.24, 2.45) is 0 Å². The fourth-order valence-electron chi connectivity index (χ4n) is 2.93. The molecule has 2 aromatic rings. The Bertz CT molecular complexity index is 810. The first-order valence-corrected chi connectivity index (χ1v) is 7.74. The van der Waals surface area contributed by atoms with Gasteiger partial charge in [0.15, 0.2) is 0 Å². The second-order valence-electron chi connectivity index (χ2n) is 6.57. The maximum absolute atomic E-state index is 12.6. The third-order valence-corrected chi connectivity index (χ3v) is 4.14. The molecule has 1 aromatic carbocycles. The lowest BCUT2D eigenvalue weighted by atomic mass is 10.1. The normalized spacial score (nSPS) is 17.4. The molecule has 6 nitrogen and oxygen atoms in total. The molecule has 0 bridgehead atoms. The van der Waals surface area contributed by atoms with Gasteiger partial charge in [0.2, 0.25) is 5.91 Å². The van der Waals surface area contributed by atoms with E-state index in [-0.39, 0.29) is 23.6 Å². The number of aromatic nitrogens is 2. The number of hydrogen-bond acceptors (Lipinski definition) is 4. The van der Waals surface area contributed by atoms with Gasteiger partial charge in [-0.25, -0.2) is 4.98 Å². The molecule has 1 fully saturated rings. The predicted molar refractivity (Wildman–Crippen MR) is 87.4 cm³/mol. The van der Waals surface area contributed by atoms with Crippen LogP contribution in [0, 0.1) is 6.92 Å². The first-order valence-electron chi connectivity index (χ1n) is 7.74. The van der Waals surface area contributed by atoms with E-state index in [1.165, 1.54) is 10.9 Å². The van der Waals surface area contributed by atoms with Crippen LogP contribution in [-0.4, -0.2) is 45.7 Å². The highest BCUT2D eigenvalue weighted by Gasteiger charge is 2.30.